The van der Waals surface area contributed by atoms with E-state index in [1.807, 2.05) is 0 Å². The predicted molar refractivity (Wildman–Crippen MR) is 154 cm³/mol. The zero-order chi connectivity index (χ0) is 29.4. The minimum absolute atomic E-state index is 0.00185. The molecule has 4 aliphatic rings. The molecule has 0 bridgehead atoms. The number of carbonyl (C=O) groups excluding carboxylic acids is 4. The first kappa shape index (κ1) is 31.4. The summed E-state index contributed by atoms with van der Waals surface area (Å²) in [6.45, 7) is 0.112. The van der Waals surface area contributed by atoms with Crippen molar-refractivity contribution in [1.82, 2.24) is 10.6 Å². The molecule has 5 N–H and O–H groups in total. The van der Waals surface area contributed by atoms with Gasteiger partial charge >= 0.3 is 0 Å². The first-order valence-corrected chi connectivity index (χ1v) is 15.5. The fourth-order valence-electron chi connectivity index (χ4n) is 4.49. The lowest BCUT2D eigenvalue weighted by Gasteiger charge is -2.34. The van der Waals surface area contributed by atoms with Crippen molar-refractivity contribution >= 4 is 98.5 Å². The number of Topliss-reactive ketones (excluding diaryl/α,β-unsaturated/α-hetero) is 2. The van der Waals surface area contributed by atoms with Gasteiger partial charge in [0.05, 0.1) is 15.1 Å². The summed E-state index contributed by atoms with van der Waals surface area (Å²) >= 11 is 12.6. The lowest BCUT2D eigenvalue weighted by Crippen LogP contribution is -2.52. The lowest BCUT2D eigenvalue weighted by molar-refractivity contribution is -0.125. The normalized spacial score (nSPS) is 34.0. The second-order valence-corrected chi connectivity index (χ2v) is 13.4. The van der Waals surface area contributed by atoms with Gasteiger partial charge in [0.1, 0.15) is 33.3 Å². The number of allylic oxidation sites excluding steroid dienone is 2. The molecule has 2 aliphatic heterocycles. The summed E-state index contributed by atoms with van der Waals surface area (Å²) in [4.78, 5) is 57.9. The number of aliphatic hydroxyl groups excluding tert-OH is 3. The summed E-state index contributed by atoms with van der Waals surface area (Å²) < 4.78 is 0.414. The molecule has 218 valence electrons. The van der Waals surface area contributed by atoms with Crippen molar-refractivity contribution in [2.75, 3.05) is 13.1 Å². The largest absolute Gasteiger partial charge is 0.391 e. The van der Waals surface area contributed by atoms with Gasteiger partial charge in [-0.2, -0.15) is 0 Å². The fourth-order valence-corrected chi connectivity index (χ4v) is 7.76. The summed E-state index contributed by atoms with van der Waals surface area (Å²) in [5.41, 5.74) is -2.66. The number of alkyl halides is 2. The standard InChI is InChI=1S/C23H24Br4N4O9/c24-10-4-22(18(35)14(26)16(10)33)6-12(30-39-22)20(37)28-3-1-2-9(32)8-29-21(38)13-7-23(40-31-13)5-11(25)17(34)15(27)19(23)36/h4-5,9,14-15,18-19,32,35-36H,1-3,6-8H2,(H,28,37)(H,29,38)/t9?,14-,15-,18+,19+,22-,23-/m1/s1. The van der Waals surface area contributed by atoms with E-state index < -0.39 is 51.0 Å². The monoisotopic (exact) mass is 816 g/mol. The molecule has 2 spiro atoms. The zero-order valence-electron chi connectivity index (χ0n) is 20.5. The average molecular weight is 820 g/mol. The predicted octanol–water partition coefficient (Wildman–Crippen LogP) is 0.362. The van der Waals surface area contributed by atoms with Gasteiger partial charge in [-0.05, 0) is 56.9 Å². The molecule has 0 saturated heterocycles. The van der Waals surface area contributed by atoms with Crippen LogP contribution in [0.4, 0.5) is 0 Å². The average Bonchev–Trinajstić information content (AvgIpc) is 3.56. The summed E-state index contributed by atoms with van der Waals surface area (Å²) in [6.07, 6.45) is -0.106. The molecule has 4 rings (SSSR count). The van der Waals surface area contributed by atoms with Crippen LogP contribution in [0.5, 0.6) is 0 Å². The topological polar surface area (TPSA) is 196 Å². The molecule has 1 unspecified atom stereocenters. The number of halogens is 4. The van der Waals surface area contributed by atoms with Crippen LogP contribution >= 0.6 is 63.7 Å². The van der Waals surface area contributed by atoms with E-state index in [0.29, 0.717) is 6.42 Å². The molecule has 0 aromatic carbocycles. The Bertz CT molecular complexity index is 1240. The van der Waals surface area contributed by atoms with Gasteiger partial charge in [-0.25, -0.2) is 0 Å². The van der Waals surface area contributed by atoms with E-state index in [9.17, 15) is 34.5 Å². The Morgan fingerprint density at radius 2 is 1.38 bits per heavy atom. The summed E-state index contributed by atoms with van der Waals surface area (Å²) in [5.74, 6) is -1.80. The molecule has 0 fully saturated rings. The molecule has 0 saturated carbocycles. The van der Waals surface area contributed by atoms with Crippen LogP contribution in [0.25, 0.3) is 0 Å². The number of carbonyl (C=O) groups is 4. The molecular weight excluding hydrogens is 796 g/mol. The van der Waals surface area contributed by atoms with Crippen molar-refractivity contribution in [3.8, 4) is 0 Å². The number of aliphatic hydroxyl groups is 3. The highest BCUT2D eigenvalue weighted by molar-refractivity contribution is 9.12. The smallest absolute Gasteiger partial charge is 0.269 e. The minimum Gasteiger partial charge on any atom is -0.391 e. The fraction of sp³-hybridized carbons (Fsp3) is 0.565. The van der Waals surface area contributed by atoms with E-state index in [1.165, 1.54) is 12.2 Å². The van der Waals surface area contributed by atoms with Crippen LogP contribution in [0.3, 0.4) is 0 Å². The SMILES string of the molecule is O=C(NCCCC(O)CNC(=O)C1=NO[C@]2(C=C(Br)C(=O)[C@@H](Br)[C@@H]2O)C1)C1=NO[C@]2(C=C(Br)C(=O)[C@@H](Br)[C@@H]2O)C1. The Morgan fingerprint density at radius 1 is 0.925 bits per heavy atom. The summed E-state index contributed by atoms with van der Waals surface area (Å²) in [5, 5.41) is 44.0. The second kappa shape index (κ2) is 12.4. The van der Waals surface area contributed by atoms with Gasteiger partial charge in [0.2, 0.25) is 0 Å². The third-order valence-corrected chi connectivity index (χ3v) is 9.90. The van der Waals surface area contributed by atoms with Gasteiger partial charge < -0.3 is 35.6 Å². The molecule has 2 aliphatic carbocycles. The third-order valence-electron chi connectivity index (χ3n) is 6.83. The number of hydrogen-bond acceptors (Lipinski definition) is 11. The number of oxime groups is 2. The first-order chi connectivity index (χ1) is 18.8. The molecule has 13 nitrogen and oxygen atoms in total. The Morgan fingerprint density at radius 3 is 1.85 bits per heavy atom. The van der Waals surface area contributed by atoms with E-state index in [-0.39, 0.29) is 64.3 Å². The number of ketones is 2. The molecule has 2 heterocycles. The molecule has 0 radical (unpaired) electrons. The van der Waals surface area contributed by atoms with Crippen LogP contribution in [0.2, 0.25) is 0 Å². The van der Waals surface area contributed by atoms with Gasteiger partial charge in [-0.1, -0.05) is 42.2 Å². The van der Waals surface area contributed by atoms with Gasteiger partial charge in [0, 0.05) is 25.9 Å². The Labute approximate surface area is 261 Å². The molecule has 2 amide bonds. The first-order valence-electron chi connectivity index (χ1n) is 12.0. The highest BCUT2D eigenvalue weighted by atomic mass is 79.9. The van der Waals surface area contributed by atoms with Gasteiger partial charge in [-0.15, -0.1) is 0 Å². The van der Waals surface area contributed by atoms with Crippen LogP contribution in [0.1, 0.15) is 25.7 Å². The number of rotatable bonds is 8. The second-order valence-electron chi connectivity index (χ2n) is 9.69. The van der Waals surface area contributed by atoms with Crippen LogP contribution in [-0.4, -0.2) is 102 Å². The number of nitrogens with one attached hydrogen (secondary N) is 2. The summed E-state index contributed by atoms with van der Waals surface area (Å²) in [7, 11) is 0. The molecule has 0 aromatic heterocycles. The third kappa shape index (κ3) is 6.15. The number of hydrogen-bond donors (Lipinski definition) is 5. The van der Waals surface area contributed by atoms with Gasteiger partial charge in [0.15, 0.2) is 22.8 Å². The minimum atomic E-state index is -1.37. The van der Waals surface area contributed by atoms with E-state index in [1.54, 1.807) is 0 Å². The van der Waals surface area contributed by atoms with Crippen molar-refractivity contribution in [1.29, 1.82) is 0 Å². The highest BCUT2D eigenvalue weighted by Gasteiger charge is 2.54. The molecule has 40 heavy (non-hydrogen) atoms. The van der Waals surface area contributed by atoms with Crippen LogP contribution < -0.4 is 10.6 Å². The number of nitrogens with zero attached hydrogens (tertiary/aromatic N) is 2. The van der Waals surface area contributed by atoms with E-state index in [2.05, 4.69) is 84.7 Å². The van der Waals surface area contributed by atoms with Crippen molar-refractivity contribution in [2.24, 2.45) is 10.3 Å². The maximum atomic E-state index is 12.5. The number of amides is 2. The molecular formula is C23H24Br4N4O9. The van der Waals surface area contributed by atoms with Crippen molar-refractivity contribution in [3.05, 3.63) is 21.1 Å². The lowest BCUT2D eigenvalue weighted by atomic mass is 9.83. The molecule has 0 aromatic rings. The van der Waals surface area contributed by atoms with Crippen LogP contribution in [0, 0.1) is 0 Å². The van der Waals surface area contributed by atoms with Crippen LogP contribution in [-0.2, 0) is 28.9 Å². The highest BCUT2D eigenvalue weighted by Crippen LogP contribution is 2.41. The van der Waals surface area contributed by atoms with E-state index in [0.717, 1.165) is 0 Å². The maximum absolute atomic E-state index is 12.5. The molecule has 7 atom stereocenters. The Balaban J connectivity index is 1.17. The van der Waals surface area contributed by atoms with Crippen molar-refractivity contribution in [3.63, 3.8) is 0 Å². The van der Waals surface area contributed by atoms with Crippen LogP contribution in [0.15, 0.2) is 31.4 Å². The van der Waals surface area contributed by atoms with Crippen molar-refractivity contribution < 1.29 is 44.2 Å². The van der Waals surface area contributed by atoms with Gasteiger partial charge in [-0.3, -0.25) is 19.2 Å². The van der Waals surface area contributed by atoms with Crippen molar-refractivity contribution in [2.45, 2.75) is 64.9 Å². The molecule has 17 heteroatoms. The van der Waals surface area contributed by atoms with E-state index >= 15 is 0 Å². The summed E-state index contributed by atoms with van der Waals surface area (Å²) in [6, 6.07) is 0. The maximum Gasteiger partial charge on any atom is 0.269 e. The van der Waals surface area contributed by atoms with E-state index in [4.69, 9.17) is 9.68 Å². The quantitative estimate of drug-likeness (QED) is 0.170. The Kier molecular flexibility index (Phi) is 9.74. The van der Waals surface area contributed by atoms with Gasteiger partial charge in [0.25, 0.3) is 11.8 Å². The zero-order valence-corrected chi connectivity index (χ0v) is 26.8. The Hall–Kier alpha value is -1.50.